The van der Waals surface area contributed by atoms with Crippen LogP contribution in [0.3, 0.4) is 0 Å². The zero-order valence-electron chi connectivity index (χ0n) is 5.85. The van der Waals surface area contributed by atoms with E-state index in [-0.39, 0.29) is 191 Å². The molecule has 0 amide bonds. The molecule has 0 saturated heterocycles. The minimum Gasteiger partial charge on any atom is -1.00 e. The second-order valence-electron chi connectivity index (χ2n) is 0. The summed E-state index contributed by atoms with van der Waals surface area (Å²) in [6.45, 7) is 0. The normalized spacial score (nSPS) is 0. The van der Waals surface area contributed by atoms with E-state index < -0.39 is 0 Å². The predicted octanol–water partition coefficient (Wildman–Crippen LogP) is -25.5. The second-order valence-corrected chi connectivity index (χ2v) is 0. The number of rotatable bonds is 0. The Bertz CT molecular complexity index is 11.0. The van der Waals surface area contributed by atoms with E-state index in [1.807, 2.05) is 0 Å². The molecular formula is Cl8Mg4. The van der Waals surface area contributed by atoms with Gasteiger partial charge in [-0.1, -0.05) is 0 Å². The van der Waals surface area contributed by atoms with Gasteiger partial charge < -0.3 is 99.3 Å². The Morgan fingerprint density at radius 1 is 0.167 bits per heavy atom. The van der Waals surface area contributed by atoms with E-state index in [2.05, 4.69) is 0 Å². The number of hydrogen-bond acceptors (Lipinski definition) is 0. The van der Waals surface area contributed by atoms with E-state index in [1.165, 1.54) is 0 Å². The van der Waals surface area contributed by atoms with E-state index >= 15 is 0 Å². The molecule has 0 bridgehead atoms. The van der Waals surface area contributed by atoms with Gasteiger partial charge in [0.25, 0.3) is 0 Å². The molecule has 0 nitrogen and oxygen atoms in total. The Morgan fingerprint density at radius 2 is 0.167 bits per heavy atom. The molecule has 12 heavy (non-hydrogen) atoms. The van der Waals surface area contributed by atoms with Crippen LogP contribution in [0.2, 0.25) is 0 Å². The first-order valence-corrected chi connectivity index (χ1v) is 0. The first-order chi connectivity index (χ1) is 0. The van der Waals surface area contributed by atoms with Gasteiger partial charge in [-0.15, -0.1) is 0 Å². The van der Waals surface area contributed by atoms with Crippen LogP contribution in [-0.4, -0.2) is 92.2 Å². The average Bonchev–Trinajstić information content (AvgIpc) is 0. The van der Waals surface area contributed by atoms with Crippen LogP contribution in [0.5, 0.6) is 0 Å². The molecule has 0 aliphatic heterocycles. The standard InChI is InChI=1S/8ClH.4Mg/h8*1H;;;;/q;;;;;;;;4*+2/p-8. The van der Waals surface area contributed by atoms with Crippen molar-refractivity contribution in [2.75, 3.05) is 0 Å². The molecule has 0 N–H and O–H groups in total. The van der Waals surface area contributed by atoms with Crippen molar-refractivity contribution in [3.05, 3.63) is 0 Å². The Hall–Kier alpha value is 5.38. The van der Waals surface area contributed by atoms with E-state index in [1.54, 1.807) is 0 Å². The van der Waals surface area contributed by atoms with Crippen LogP contribution in [0.25, 0.3) is 0 Å². The van der Waals surface area contributed by atoms with Crippen LogP contribution >= 0.6 is 0 Å². The third-order valence-corrected chi connectivity index (χ3v) is 0. The molecule has 0 atom stereocenters. The smallest absolute Gasteiger partial charge is 1.00 e. The van der Waals surface area contributed by atoms with E-state index in [0.717, 1.165) is 0 Å². The number of halogens is 8. The monoisotopic (exact) mass is 376 g/mol. The summed E-state index contributed by atoms with van der Waals surface area (Å²) in [6.07, 6.45) is 0. The third kappa shape index (κ3) is 110. The molecular weight excluding hydrogens is 381 g/mol. The van der Waals surface area contributed by atoms with E-state index in [4.69, 9.17) is 0 Å². The molecule has 0 aromatic rings. The Morgan fingerprint density at radius 3 is 0.167 bits per heavy atom. The SMILES string of the molecule is [Cl-].[Cl-].[Cl-].[Cl-].[Cl-].[Cl-].[Cl-].[Cl-].[Mg+2].[Mg+2].[Mg+2].[Mg+2]. The molecule has 0 heterocycles. The summed E-state index contributed by atoms with van der Waals surface area (Å²) in [7, 11) is 0. The Kier molecular flexibility index (Phi) is 1790. The van der Waals surface area contributed by atoms with Gasteiger partial charge in [0.1, 0.15) is 0 Å². The summed E-state index contributed by atoms with van der Waals surface area (Å²) in [5.74, 6) is 0. The first-order valence-electron chi connectivity index (χ1n) is 0. The molecule has 12 heteroatoms. The third-order valence-electron chi connectivity index (χ3n) is 0. The van der Waals surface area contributed by atoms with Gasteiger partial charge in [0.15, 0.2) is 0 Å². The van der Waals surface area contributed by atoms with Crippen molar-refractivity contribution in [2.24, 2.45) is 0 Å². The van der Waals surface area contributed by atoms with Gasteiger partial charge in [-0.3, -0.25) is 0 Å². The van der Waals surface area contributed by atoms with Crippen molar-refractivity contribution in [1.29, 1.82) is 0 Å². The zero-order chi connectivity index (χ0) is 0. The van der Waals surface area contributed by atoms with Crippen molar-refractivity contribution in [2.45, 2.75) is 0 Å². The fourth-order valence-electron chi connectivity index (χ4n) is 0. The zero-order valence-corrected chi connectivity index (χ0v) is 17.6. The van der Waals surface area contributed by atoms with Crippen molar-refractivity contribution >= 4 is 92.2 Å². The fraction of sp³-hybridized carbons (Fsp3) is 0. The molecule has 0 unspecified atom stereocenters. The quantitative estimate of drug-likeness (QED) is 0.366. The van der Waals surface area contributed by atoms with Crippen LogP contribution in [0.15, 0.2) is 0 Å². The van der Waals surface area contributed by atoms with Crippen molar-refractivity contribution in [1.82, 2.24) is 0 Å². The summed E-state index contributed by atoms with van der Waals surface area (Å²) in [4.78, 5) is 0. The average molecular weight is 381 g/mol. The Labute approximate surface area is 188 Å². The van der Waals surface area contributed by atoms with Gasteiger partial charge in [0.2, 0.25) is 0 Å². The summed E-state index contributed by atoms with van der Waals surface area (Å²) in [5.41, 5.74) is 0. The largest absolute Gasteiger partial charge is 2.00 e. The van der Waals surface area contributed by atoms with Gasteiger partial charge in [-0.25, -0.2) is 0 Å². The molecule has 0 aromatic heterocycles. The Balaban J connectivity index is 0. The van der Waals surface area contributed by atoms with Gasteiger partial charge in [-0.05, 0) is 0 Å². The molecule has 0 aliphatic rings. The summed E-state index contributed by atoms with van der Waals surface area (Å²) >= 11 is 0. The summed E-state index contributed by atoms with van der Waals surface area (Å²) in [5, 5.41) is 0. The fourth-order valence-corrected chi connectivity index (χ4v) is 0. The van der Waals surface area contributed by atoms with Crippen LogP contribution < -0.4 is 99.3 Å². The molecule has 0 rings (SSSR count). The van der Waals surface area contributed by atoms with Crippen molar-refractivity contribution in [3.63, 3.8) is 0 Å². The second kappa shape index (κ2) is 134. The predicted molar refractivity (Wildman–Crippen MR) is 23.0 cm³/mol. The van der Waals surface area contributed by atoms with Gasteiger partial charge >= 0.3 is 92.2 Å². The van der Waals surface area contributed by atoms with E-state index in [9.17, 15) is 0 Å². The minimum absolute atomic E-state index is 0. The molecule has 0 radical (unpaired) electrons. The number of hydrogen-bond donors (Lipinski definition) is 0. The van der Waals surface area contributed by atoms with Crippen LogP contribution in [0.1, 0.15) is 0 Å². The molecule has 0 fully saturated rings. The van der Waals surface area contributed by atoms with Gasteiger partial charge in [-0.2, -0.15) is 0 Å². The summed E-state index contributed by atoms with van der Waals surface area (Å²) < 4.78 is 0. The molecule has 64 valence electrons. The topological polar surface area (TPSA) is 0 Å². The van der Waals surface area contributed by atoms with Gasteiger partial charge in [0, 0.05) is 0 Å². The van der Waals surface area contributed by atoms with Gasteiger partial charge in [0.05, 0.1) is 0 Å². The molecule has 0 saturated carbocycles. The molecule has 0 spiro atoms. The van der Waals surface area contributed by atoms with Crippen molar-refractivity contribution in [3.8, 4) is 0 Å². The maximum absolute atomic E-state index is 0. The maximum Gasteiger partial charge on any atom is 2.00 e. The first kappa shape index (κ1) is 161. The molecule has 0 aliphatic carbocycles. The van der Waals surface area contributed by atoms with Crippen LogP contribution in [0, 0.1) is 0 Å². The van der Waals surface area contributed by atoms with Crippen molar-refractivity contribution < 1.29 is 99.3 Å². The van der Waals surface area contributed by atoms with Crippen LogP contribution in [-0.2, 0) is 0 Å². The maximum atomic E-state index is 0. The summed E-state index contributed by atoms with van der Waals surface area (Å²) in [6, 6.07) is 0. The minimum atomic E-state index is 0. The van der Waals surface area contributed by atoms with Crippen LogP contribution in [0.4, 0.5) is 0 Å². The molecule has 0 aromatic carbocycles. The van der Waals surface area contributed by atoms with E-state index in [0.29, 0.717) is 0 Å².